The van der Waals surface area contributed by atoms with Crippen LogP contribution in [0.5, 0.6) is 5.88 Å². The highest BCUT2D eigenvalue weighted by molar-refractivity contribution is 5.81. The van der Waals surface area contributed by atoms with E-state index in [0.717, 1.165) is 10.9 Å². The molecule has 0 aromatic carbocycles. The van der Waals surface area contributed by atoms with Gasteiger partial charge in [0.15, 0.2) is 5.88 Å². The molecule has 2 rings (SSSR count). The summed E-state index contributed by atoms with van der Waals surface area (Å²) in [6.07, 6.45) is 1.67. The smallest absolute Gasteiger partial charge is 0.190 e. The molecule has 0 aliphatic heterocycles. The van der Waals surface area contributed by atoms with Gasteiger partial charge in [0.25, 0.3) is 0 Å². The second-order valence-electron chi connectivity index (χ2n) is 2.59. The topological polar surface area (TPSA) is 74.9 Å². The number of hydrogen-bond acceptors (Lipinski definition) is 3. The number of hydrogen-bond donors (Lipinski definition) is 3. The van der Waals surface area contributed by atoms with Crippen LogP contribution in [0.1, 0.15) is 5.56 Å². The van der Waals surface area contributed by atoms with Gasteiger partial charge < -0.3 is 15.8 Å². The summed E-state index contributed by atoms with van der Waals surface area (Å²) in [6, 6.07) is 3.47. The first-order valence-corrected chi connectivity index (χ1v) is 3.67. The molecule has 0 atom stereocenters. The van der Waals surface area contributed by atoms with E-state index in [1.54, 1.807) is 12.3 Å². The fourth-order valence-electron chi connectivity index (χ4n) is 1.25. The molecule has 62 valence electrons. The zero-order chi connectivity index (χ0) is 8.55. The van der Waals surface area contributed by atoms with E-state index in [1.807, 2.05) is 6.07 Å². The normalized spacial score (nSPS) is 10.8. The van der Waals surface area contributed by atoms with E-state index in [-0.39, 0.29) is 5.88 Å². The van der Waals surface area contributed by atoms with E-state index in [2.05, 4.69) is 9.97 Å². The number of aromatic amines is 1. The molecule has 0 unspecified atom stereocenters. The van der Waals surface area contributed by atoms with E-state index >= 15 is 0 Å². The van der Waals surface area contributed by atoms with Crippen molar-refractivity contribution in [2.24, 2.45) is 5.73 Å². The molecule has 0 fully saturated rings. The van der Waals surface area contributed by atoms with E-state index in [1.165, 1.54) is 0 Å². The summed E-state index contributed by atoms with van der Waals surface area (Å²) in [4.78, 5) is 6.76. The number of aromatic nitrogens is 2. The molecule has 0 aliphatic carbocycles. The van der Waals surface area contributed by atoms with Crippen LogP contribution in [-0.4, -0.2) is 15.1 Å². The SMILES string of the molecule is NCc1ccnc2[nH]c(O)cc12. The Morgan fingerprint density at radius 1 is 1.58 bits per heavy atom. The molecule has 2 aromatic rings. The number of nitrogens with zero attached hydrogens (tertiary/aromatic N) is 1. The number of nitrogens with one attached hydrogen (secondary N) is 1. The standard InChI is InChI=1S/C8H9N3O/c9-4-5-1-2-10-8-6(5)3-7(12)11-8/h1-3,12H,4,9H2,(H,10,11). The highest BCUT2D eigenvalue weighted by Crippen LogP contribution is 2.20. The maximum atomic E-state index is 9.14. The lowest BCUT2D eigenvalue weighted by molar-refractivity contribution is 0.458. The van der Waals surface area contributed by atoms with Crippen LogP contribution in [0.4, 0.5) is 0 Å². The van der Waals surface area contributed by atoms with Crippen molar-refractivity contribution < 1.29 is 5.11 Å². The first kappa shape index (κ1) is 7.12. The van der Waals surface area contributed by atoms with E-state index in [9.17, 15) is 0 Å². The zero-order valence-corrected chi connectivity index (χ0v) is 6.41. The third-order valence-electron chi connectivity index (χ3n) is 1.83. The van der Waals surface area contributed by atoms with Gasteiger partial charge in [-0.15, -0.1) is 0 Å². The number of pyridine rings is 1. The molecule has 0 saturated carbocycles. The van der Waals surface area contributed by atoms with Crippen LogP contribution in [0, 0.1) is 0 Å². The Labute approximate surface area is 69.0 Å². The molecule has 4 nitrogen and oxygen atoms in total. The first-order chi connectivity index (χ1) is 5.81. The fourth-order valence-corrected chi connectivity index (χ4v) is 1.25. The van der Waals surface area contributed by atoms with Gasteiger partial charge in [0.2, 0.25) is 0 Å². The molecule has 12 heavy (non-hydrogen) atoms. The molecule has 0 aliphatic rings. The van der Waals surface area contributed by atoms with E-state index in [0.29, 0.717) is 12.2 Å². The second kappa shape index (κ2) is 2.49. The van der Waals surface area contributed by atoms with Crippen molar-refractivity contribution in [2.75, 3.05) is 0 Å². The van der Waals surface area contributed by atoms with Crippen molar-refractivity contribution in [1.82, 2.24) is 9.97 Å². The van der Waals surface area contributed by atoms with Gasteiger partial charge in [-0.1, -0.05) is 0 Å². The van der Waals surface area contributed by atoms with Crippen LogP contribution in [0.25, 0.3) is 11.0 Å². The molecule has 0 saturated heterocycles. The van der Waals surface area contributed by atoms with Gasteiger partial charge in [-0.25, -0.2) is 4.98 Å². The molecule has 0 bridgehead atoms. The average Bonchev–Trinajstić information content (AvgIpc) is 2.44. The summed E-state index contributed by atoms with van der Waals surface area (Å²) in [6.45, 7) is 0.455. The highest BCUT2D eigenvalue weighted by atomic mass is 16.3. The number of rotatable bonds is 1. The Hall–Kier alpha value is -1.55. The largest absolute Gasteiger partial charge is 0.495 e. The summed E-state index contributed by atoms with van der Waals surface area (Å²) in [7, 11) is 0. The van der Waals surface area contributed by atoms with E-state index in [4.69, 9.17) is 10.8 Å². The molecule has 2 aromatic heterocycles. The highest BCUT2D eigenvalue weighted by Gasteiger charge is 2.03. The molecule has 0 amide bonds. The van der Waals surface area contributed by atoms with Crippen LogP contribution >= 0.6 is 0 Å². The summed E-state index contributed by atoms with van der Waals surface area (Å²) < 4.78 is 0. The number of nitrogens with two attached hydrogens (primary N) is 1. The summed E-state index contributed by atoms with van der Waals surface area (Å²) >= 11 is 0. The quantitative estimate of drug-likeness (QED) is 0.580. The van der Waals surface area contributed by atoms with Gasteiger partial charge in [-0.2, -0.15) is 0 Å². The lowest BCUT2D eigenvalue weighted by Gasteiger charge is -1.95. The molecule has 0 radical (unpaired) electrons. The first-order valence-electron chi connectivity index (χ1n) is 3.67. The monoisotopic (exact) mass is 163 g/mol. The van der Waals surface area contributed by atoms with Crippen molar-refractivity contribution in [3.8, 4) is 5.88 Å². The lowest BCUT2D eigenvalue weighted by Crippen LogP contribution is -1.96. The van der Waals surface area contributed by atoms with Gasteiger partial charge in [0, 0.05) is 24.2 Å². The van der Waals surface area contributed by atoms with Gasteiger partial charge >= 0.3 is 0 Å². The molecule has 4 N–H and O–H groups in total. The fraction of sp³-hybridized carbons (Fsp3) is 0.125. The lowest BCUT2D eigenvalue weighted by atomic mass is 10.2. The maximum Gasteiger partial charge on any atom is 0.190 e. The second-order valence-corrected chi connectivity index (χ2v) is 2.59. The van der Waals surface area contributed by atoms with Crippen LogP contribution in [-0.2, 0) is 6.54 Å². The van der Waals surface area contributed by atoms with Crippen LogP contribution in [0.2, 0.25) is 0 Å². The van der Waals surface area contributed by atoms with E-state index < -0.39 is 0 Å². The van der Waals surface area contributed by atoms with Gasteiger partial charge in [-0.3, -0.25) is 0 Å². The maximum absolute atomic E-state index is 9.14. The Balaban J connectivity index is 2.78. The molecular weight excluding hydrogens is 154 g/mol. The number of aromatic hydroxyl groups is 1. The minimum Gasteiger partial charge on any atom is -0.495 e. The summed E-state index contributed by atoms with van der Waals surface area (Å²) in [5.41, 5.74) is 7.16. The molecule has 0 spiro atoms. The Morgan fingerprint density at radius 3 is 3.17 bits per heavy atom. The third-order valence-corrected chi connectivity index (χ3v) is 1.83. The molecular formula is C8H9N3O. The minimum atomic E-state index is 0.124. The van der Waals surface area contributed by atoms with Crippen molar-refractivity contribution in [1.29, 1.82) is 0 Å². The summed E-state index contributed by atoms with van der Waals surface area (Å²) in [5, 5.41) is 10.0. The van der Waals surface area contributed by atoms with Crippen molar-refractivity contribution >= 4 is 11.0 Å². The van der Waals surface area contributed by atoms with Crippen LogP contribution < -0.4 is 5.73 Å². The Morgan fingerprint density at radius 2 is 2.42 bits per heavy atom. The Bertz CT molecular complexity index is 408. The number of fused-ring (bicyclic) bond motifs is 1. The molecule has 4 heteroatoms. The van der Waals surface area contributed by atoms with Crippen molar-refractivity contribution in [2.45, 2.75) is 6.54 Å². The third kappa shape index (κ3) is 0.931. The molecule has 2 heterocycles. The van der Waals surface area contributed by atoms with Crippen LogP contribution in [0.3, 0.4) is 0 Å². The van der Waals surface area contributed by atoms with Gasteiger partial charge in [0.1, 0.15) is 5.65 Å². The van der Waals surface area contributed by atoms with Crippen molar-refractivity contribution in [3.63, 3.8) is 0 Å². The van der Waals surface area contributed by atoms with Gasteiger partial charge in [0.05, 0.1) is 0 Å². The van der Waals surface area contributed by atoms with Crippen LogP contribution in [0.15, 0.2) is 18.3 Å². The zero-order valence-electron chi connectivity index (χ0n) is 6.41. The number of H-pyrrole nitrogens is 1. The average molecular weight is 163 g/mol. The van der Waals surface area contributed by atoms with Gasteiger partial charge in [-0.05, 0) is 11.6 Å². The predicted molar refractivity (Wildman–Crippen MR) is 45.6 cm³/mol. The predicted octanol–water partition coefficient (Wildman–Crippen LogP) is 0.727. The summed E-state index contributed by atoms with van der Waals surface area (Å²) in [5.74, 6) is 0.124. The van der Waals surface area contributed by atoms with Crippen molar-refractivity contribution in [3.05, 3.63) is 23.9 Å². The Kier molecular flexibility index (Phi) is 1.48. The minimum absolute atomic E-state index is 0.124.